The lowest BCUT2D eigenvalue weighted by atomic mass is 10.0. The van der Waals surface area contributed by atoms with Crippen molar-refractivity contribution in [3.8, 4) is 0 Å². The maximum absolute atomic E-state index is 5.47. The molecule has 0 saturated heterocycles. The summed E-state index contributed by atoms with van der Waals surface area (Å²) >= 11 is 0. The molecule has 0 aliphatic carbocycles. The molecule has 90 valence electrons. The molecule has 2 N–H and O–H groups in total. The first-order valence-electron chi connectivity index (χ1n) is 6.64. The topological polar surface area (TPSA) is 26.0 Å². The van der Waals surface area contributed by atoms with E-state index in [-0.39, 0.29) is 0 Å². The summed E-state index contributed by atoms with van der Waals surface area (Å²) in [6, 6.07) is 9.12. The van der Waals surface area contributed by atoms with Gasteiger partial charge in [-0.3, -0.25) is 0 Å². The third-order valence-electron chi connectivity index (χ3n) is 2.98. The van der Waals surface area contributed by atoms with Crippen molar-refractivity contribution >= 4 is 0 Å². The van der Waals surface area contributed by atoms with E-state index in [0.29, 0.717) is 0 Å². The molecule has 0 saturated carbocycles. The first kappa shape index (κ1) is 13.2. The summed E-state index contributed by atoms with van der Waals surface area (Å²) in [5, 5.41) is 0. The molecular formula is C15H25N. The molecule has 0 aromatic heterocycles. The van der Waals surface area contributed by atoms with E-state index in [9.17, 15) is 0 Å². The van der Waals surface area contributed by atoms with Crippen molar-refractivity contribution in [2.45, 2.75) is 51.9 Å². The molecule has 1 nitrogen and oxygen atoms in total. The number of aryl methyl sites for hydroxylation is 2. The van der Waals surface area contributed by atoms with Gasteiger partial charge in [0.15, 0.2) is 0 Å². The van der Waals surface area contributed by atoms with Gasteiger partial charge in [-0.05, 0) is 43.4 Å². The molecule has 0 atom stereocenters. The minimum Gasteiger partial charge on any atom is -0.330 e. The van der Waals surface area contributed by atoms with Crippen LogP contribution in [-0.2, 0) is 12.8 Å². The fraction of sp³-hybridized carbons (Fsp3) is 0.600. The molecule has 1 heteroatoms. The second kappa shape index (κ2) is 8.35. The van der Waals surface area contributed by atoms with Gasteiger partial charge in [0.2, 0.25) is 0 Å². The van der Waals surface area contributed by atoms with Crippen LogP contribution >= 0.6 is 0 Å². The largest absolute Gasteiger partial charge is 0.330 e. The van der Waals surface area contributed by atoms with Crippen LogP contribution in [0, 0.1) is 0 Å². The monoisotopic (exact) mass is 219 g/mol. The van der Waals surface area contributed by atoms with Gasteiger partial charge in [-0.2, -0.15) is 0 Å². The van der Waals surface area contributed by atoms with Crippen LogP contribution in [0.15, 0.2) is 24.3 Å². The Bertz CT molecular complexity index is 263. The van der Waals surface area contributed by atoms with E-state index in [1.54, 1.807) is 0 Å². The molecule has 0 amide bonds. The average molecular weight is 219 g/mol. The second-order valence-corrected chi connectivity index (χ2v) is 4.52. The van der Waals surface area contributed by atoms with Gasteiger partial charge in [0.1, 0.15) is 0 Å². The molecule has 1 aromatic carbocycles. The highest BCUT2D eigenvalue weighted by atomic mass is 14.5. The number of hydrogen-bond donors (Lipinski definition) is 1. The lowest BCUT2D eigenvalue weighted by molar-refractivity contribution is 0.646. The minimum atomic E-state index is 0.839. The molecule has 0 heterocycles. The van der Waals surface area contributed by atoms with Crippen LogP contribution in [0.1, 0.15) is 50.2 Å². The molecule has 0 bridgehead atoms. The average Bonchev–Trinajstić information content (AvgIpc) is 2.31. The van der Waals surface area contributed by atoms with Gasteiger partial charge in [0.25, 0.3) is 0 Å². The maximum atomic E-state index is 5.47. The van der Waals surface area contributed by atoms with Crippen molar-refractivity contribution in [1.29, 1.82) is 0 Å². The Morgan fingerprint density at radius 2 is 1.38 bits per heavy atom. The van der Waals surface area contributed by atoms with Gasteiger partial charge in [0, 0.05) is 0 Å². The van der Waals surface area contributed by atoms with Crippen molar-refractivity contribution in [2.24, 2.45) is 5.73 Å². The van der Waals surface area contributed by atoms with E-state index < -0.39 is 0 Å². The van der Waals surface area contributed by atoms with Crippen LogP contribution in [-0.4, -0.2) is 6.54 Å². The zero-order valence-electron chi connectivity index (χ0n) is 10.5. The van der Waals surface area contributed by atoms with E-state index in [1.807, 2.05) is 0 Å². The fourth-order valence-electron chi connectivity index (χ4n) is 1.99. The van der Waals surface area contributed by atoms with Crippen LogP contribution in [0.5, 0.6) is 0 Å². The van der Waals surface area contributed by atoms with Gasteiger partial charge in [-0.1, -0.05) is 50.5 Å². The number of rotatable bonds is 8. The molecule has 0 fully saturated rings. The summed E-state index contributed by atoms with van der Waals surface area (Å²) in [5.74, 6) is 0. The quantitative estimate of drug-likeness (QED) is 0.663. The number of hydrogen-bond acceptors (Lipinski definition) is 1. The smallest absolute Gasteiger partial charge is 0.00773 e. The summed E-state index contributed by atoms with van der Waals surface area (Å²) < 4.78 is 0. The zero-order valence-corrected chi connectivity index (χ0v) is 10.5. The third kappa shape index (κ3) is 5.32. The SMILES string of the molecule is CCCc1ccc(CCCCCCN)cc1. The Morgan fingerprint density at radius 1 is 0.812 bits per heavy atom. The Balaban J connectivity index is 2.21. The Kier molecular flexibility index (Phi) is 6.91. The summed E-state index contributed by atoms with van der Waals surface area (Å²) in [6.07, 6.45) is 8.73. The predicted octanol–water partition coefficient (Wildman–Crippen LogP) is 3.70. The Morgan fingerprint density at radius 3 is 1.94 bits per heavy atom. The molecule has 1 rings (SSSR count). The normalized spacial score (nSPS) is 10.6. The standard InChI is InChI=1S/C15H25N/c1-2-7-14-9-11-15(12-10-14)8-5-3-4-6-13-16/h9-12H,2-8,13,16H2,1H3. The van der Waals surface area contributed by atoms with Crippen molar-refractivity contribution in [1.82, 2.24) is 0 Å². The molecule has 0 radical (unpaired) electrons. The molecule has 0 unspecified atom stereocenters. The summed E-state index contributed by atoms with van der Waals surface area (Å²) in [6.45, 7) is 3.07. The van der Waals surface area contributed by atoms with Crippen LogP contribution < -0.4 is 5.73 Å². The van der Waals surface area contributed by atoms with Gasteiger partial charge in [-0.25, -0.2) is 0 Å². The summed E-state index contributed by atoms with van der Waals surface area (Å²) in [5.41, 5.74) is 8.41. The van der Waals surface area contributed by atoms with E-state index in [2.05, 4.69) is 31.2 Å². The number of benzene rings is 1. The minimum absolute atomic E-state index is 0.839. The Hall–Kier alpha value is -0.820. The van der Waals surface area contributed by atoms with E-state index >= 15 is 0 Å². The van der Waals surface area contributed by atoms with Crippen molar-refractivity contribution in [3.05, 3.63) is 35.4 Å². The highest BCUT2D eigenvalue weighted by molar-refractivity contribution is 5.22. The van der Waals surface area contributed by atoms with Crippen molar-refractivity contribution in [2.75, 3.05) is 6.54 Å². The zero-order chi connectivity index (χ0) is 11.6. The fourth-order valence-corrected chi connectivity index (χ4v) is 1.99. The highest BCUT2D eigenvalue weighted by Crippen LogP contribution is 2.10. The maximum Gasteiger partial charge on any atom is -0.00773 e. The van der Waals surface area contributed by atoms with Crippen molar-refractivity contribution < 1.29 is 0 Å². The van der Waals surface area contributed by atoms with Crippen LogP contribution in [0.2, 0.25) is 0 Å². The van der Waals surface area contributed by atoms with Crippen LogP contribution in [0.25, 0.3) is 0 Å². The van der Waals surface area contributed by atoms with E-state index in [0.717, 1.165) is 6.54 Å². The Labute approximate surface area is 100 Å². The van der Waals surface area contributed by atoms with E-state index in [1.165, 1.54) is 56.1 Å². The van der Waals surface area contributed by atoms with Gasteiger partial charge in [-0.15, -0.1) is 0 Å². The summed E-state index contributed by atoms with van der Waals surface area (Å²) in [7, 11) is 0. The first-order chi connectivity index (χ1) is 7.86. The molecular weight excluding hydrogens is 194 g/mol. The third-order valence-corrected chi connectivity index (χ3v) is 2.98. The van der Waals surface area contributed by atoms with E-state index in [4.69, 9.17) is 5.73 Å². The summed E-state index contributed by atoms with van der Waals surface area (Å²) in [4.78, 5) is 0. The molecule has 16 heavy (non-hydrogen) atoms. The van der Waals surface area contributed by atoms with Gasteiger partial charge >= 0.3 is 0 Å². The lowest BCUT2D eigenvalue weighted by Crippen LogP contribution is -1.97. The lowest BCUT2D eigenvalue weighted by Gasteiger charge is -2.03. The van der Waals surface area contributed by atoms with Crippen LogP contribution in [0.4, 0.5) is 0 Å². The molecule has 0 spiro atoms. The van der Waals surface area contributed by atoms with Crippen LogP contribution in [0.3, 0.4) is 0 Å². The van der Waals surface area contributed by atoms with Gasteiger partial charge < -0.3 is 5.73 Å². The number of nitrogens with two attached hydrogens (primary N) is 1. The molecule has 1 aromatic rings. The molecule has 0 aliphatic rings. The predicted molar refractivity (Wildman–Crippen MR) is 71.7 cm³/mol. The molecule has 0 aliphatic heterocycles. The van der Waals surface area contributed by atoms with Crippen molar-refractivity contribution in [3.63, 3.8) is 0 Å². The number of unbranched alkanes of at least 4 members (excludes halogenated alkanes) is 3. The second-order valence-electron chi connectivity index (χ2n) is 4.52. The first-order valence-corrected chi connectivity index (χ1v) is 6.64. The van der Waals surface area contributed by atoms with Gasteiger partial charge in [0.05, 0.1) is 0 Å². The highest BCUT2D eigenvalue weighted by Gasteiger charge is 1.95.